The van der Waals surface area contributed by atoms with Gasteiger partial charge in [-0.05, 0) is 49.2 Å². The van der Waals surface area contributed by atoms with Gasteiger partial charge < -0.3 is 14.4 Å². The van der Waals surface area contributed by atoms with E-state index in [9.17, 15) is 14.5 Å². The fourth-order valence-corrected chi connectivity index (χ4v) is 5.67. The van der Waals surface area contributed by atoms with Crippen LogP contribution >= 0.6 is 7.52 Å². The molecule has 0 bridgehead atoms. The highest BCUT2D eigenvalue weighted by molar-refractivity contribution is 7.64. The zero-order chi connectivity index (χ0) is 19.3. The summed E-state index contributed by atoms with van der Waals surface area (Å²) >= 11 is 0. The van der Waals surface area contributed by atoms with E-state index in [0.717, 1.165) is 0 Å². The number of ether oxygens (including phenoxy) is 1. The van der Waals surface area contributed by atoms with Gasteiger partial charge in [0, 0.05) is 6.54 Å². The summed E-state index contributed by atoms with van der Waals surface area (Å²) in [5, 5.41) is 10.1. The molecule has 0 radical (unpaired) electrons. The molecule has 0 aromatic heterocycles. The molecule has 144 valence electrons. The number of benzene rings is 2. The van der Waals surface area contributed by atoms with E-state index < -0.39 is 19.5 Å². The minimum absolute atomic E-state index is 0.356. The van der Waals surface area contributed by atoms with Crippen molar-refractivity contribution in [3.05, 3.63) is 54.6 Å². The Morgan fingerprint density at radius 3 is 2.48 bits per heavy atom. The lowest BCUT2D eigenvalue weighted by atomic mass is 10.1. The molecule has 2 atom stereocenters. The first-order valence-electron chi connectivity index (χ1n) is 9.12. The van der Waals surface area contributed by atoms with Gasteiger partial charge in [-0.25, -0.2) is 4.67 Å². The molecule has 0 spiro atoms. The molecule has 1 saturated heterocycles. The first-order valence-corrected chi connectivity index (χ1v) is 10.7. The van der Waals surface area contributed by atoms with Crippen LogP contribution in [0, 0.1) is 0 Å². The summed E-state index contributed by atoms with van der Waals surface area (Å²) in [7, 11) is -3.42. The Kier molecular flexibility index (Phi) is 6.32. The van der Waals surface area contributed by atoms with E-state index in [2.05, 4.69) is 0 Å². The van der Waals surface area contributed by atoms with Crippen molar-refractivity contribution in [3.63, 3.8) is 0 Å². The van der Waals surface area contributed by atoms with Gasteiger partial charge in [-0.15, -0.1) is 0 Å². The predicted octanol–water partition coefficient (Wildman–Crippen LogP) is 4.27. The number of nitrogens with zero attached hydrogens (tertiary/aromatic N) is 1. The van der Waals surface area contributed by atoms with Crippen LogP contribution in [0.4, 0.5) is 0 Å². The van der Waals surface area contributed by atoms with Crippen molar-refractivity contribution in [3.8, 4) is 11.5 Å². The molecule has 2 aromatic rings. The first kappa shape index (κ1) is 19.6. The normalized spacial score (nSPS) is 21.5. The van der Waals surface area contributed by atoms with E-state index >= 15 is 0 Å². The van der Waals surface area contributed by atoms with E-state index in [4.69, 9.17) is 9.26 Å². The molecule has 0 saturated carbocycles. The molecule has 7 heteroatoms. The number of aliphatic carboxylic acids is 1. The summed E-state index contributed by atoms with van der Waals surface area (Å²) in [5.74, 6) is 0.358. The highest BCUT2D eigenvalue weighted by Crippen LogP contribution is 2.54. The van der Waals surface area contributed by atoms with Gasteiger partial charge in [-0.2, -0.15) is 0 Å². The molecule has 2 aromatic carbocycles. The van der Waals surface area contributed by atoms with Gasteiger partial charge in [0.1, 0.15) is 17.5 Å². The third-order valence-electron chi connectivity index (χ3n) is 4.48. The monoisotopic (exact) mass is 389 g/mol. The van der Waals surface area contributed by atoms with Crippen LogP contribution in [0.25, 0.3) is 0 Å². The third-order valence-corrected chi connectivity index (χ3v) is 7.12. The predicted molar refractivity (Wildman–Crippen MR) is 104 cm³/mol. The van der Waals surface area contributed by atoms with Crippen molar-refractivity contribution in [2.24, 2.45) is 0 Å². The van der Waals surface area contributed by atoms with E-state index in [0.29, 0.717) is 49.2 Å². The van der Waals surface area contributed by atoms with Crippen LogP contribution in [0.2, 0.25) is 0 Å². The largest absolute Gasteiger partial charge is 0.480 e. The van der Waals surface area contributed by atoms with Crippen molar-refractivity contribution in [1.29, 1.82) is 0 Å². The first-order chi connectivity index (χ1) is 13.0. The Labute approximate surface area is 159 Å². The van der Waals surface area contributed by atoms with E-state index in [1.807, 2.05) is 37.3 Å². The molecule has 27 heavy (non-hydrogen) atoms. The van der Waals surface area contributed by atoms with Gasteiger partial charge in [0.25, 0.3) is 0 Å². The van der Waals surface area contributed by atoms with Crippen LogP contribution in [0.5, 0.6) is 11.5 Å². The maximum Gasteiger partial charge on any atom is 0.321 e. The quantitative estimate of drug-likeness (QED) is 0.713. The molecule has 1 aliphatic heterocycles. The van der Waals surface area contributed by atoms with E-state index in [-0.39, 0.29) is 0 Å². The summed E-state index contributed by atoms with van der Waals surface area (Å²) in [6.45, 7) is 2.71. The molecule has 1 N–H and O–H groups in total. The fourth-order valence-electron chi connectivity index (χ4n) is 3.18. The third kappa shape index (κ3) is 4.41. The van der Waals surface area contributed by atoms with Crippen molar-refractivity contribution >= 4 is 18.8 Å². The highest BCUT2D eigenvalue weighted by atomic mass is 31.2. The van der Waals surface area contributed by atoms with Crippen LogP contribution < -0.4 is 10.0 Å². The zero-order valence-corrected chi connectivity index (χ0v) is 16.2. The van der Waals surface area contributed by atoms with Crippen molar-refractivity contribution < 1.29 is 23.7 Å². The number of carboxylic acid groups (broad SMARTS) is 1. The van der Waals surface area contributed by atoms with E-state index in [1.165, 1.54) is 4.67 Å². The minimum atomic E-state index is -3.42. The molecule has 1 aliphatic rings. The van der Waals surface area contributed by atoms with Gasteiger partial charge in [-0.3, -0.25) is 9.36 Å². The number of hydrogen-bond acceptors (Lipinski definition) is 4. The number of para-hydroxylation sites is 1. The number of carboxylic acids is 1. The lowest BCUT2D eigenvalue weighted by Crippen LogP contribution is -2.44. The topological polar surface area (TPSA) is 76.1 Å². The van der Waals surface area contributed by atoms with Gasteiger partial charge in [0.05, 0.1) is 11.9 Å². The molecule has 1 heterocycles. The van der Waals surface area contributed by atoms with Crippen molar-refractivity contribution in [2.75, 3.05) is 13.2 Å². The number of carbonyl (C=O) groups is 1. The average Bonchev–Trinajstić information content (AvgIpc) is 2.68. The summed E-state index contributed by atoms with van der Waals surface area (Å²) < 4.78 is 26.6. The zero-order valence-electron chi connectivity index (χ0n) is 15.3. The van der Waals surface area contributed by atoms with Gasteiger partial charge in [0.15, 0.2) is 0 Å². The lowest BCUT2D eigenvalue weighted by Gasteiger charge is -2.38. The standard InChI is InChI=1S/C20H24NO5P/c1-2-7-19(20(22)23)21-14-6-15-25-27(21,24)18-12-10-17(11-13-18)26-16-8-4-3-5-9-16/h3-5,8-13,19H,2,6-7,14-15H2,1H3,(H,22,23)/t19-,27?/m1/s1. The Bertz CT molecular complexity index is 809. The fraction of sp³-hybridized carbons (Fsp3) is 0.350. The molecule has 0 aliphatic carbocycles. The molecular formula is C20H24NO5P. The Balaban J connectivity index is 1.85. The van der Waals surface area contributed by atoms with Crippen molar-refractivity contribution in [1.82, 2.24) is 4.67 Å². The Hall–Kier alpha value is -2.14. The van der Waals surface area contributed by atoms with Crippen LogP contribution in [-0.4, -0.2) is 34.9 Å². The Morgan fingerprint density at radius 1 is 1.19 bits per heavy atom. The van der Waals surface area contributed by atoms with Crippen LogP contribution in [0.15, 0.2) is 54.6 Å². The molecule has 1 fully saturated rings. The second-order valence-electron chi connectivity index (χ2n) is 6.42. The molecular weight excluding hydrogens is 365 g/mol. The molecule has 0 amide bonds. The molecule has 6 nitrogen and oxygen atoms in total. The van der Waals surface area contributed by atoms with Gasteiger partial charge in [0.2, 0.25) is 0 Å². The molecule has 1 unspecified atom stereocenters. The minimum Gasteiger partial charge on any atom is -0.480 e. The summed E-state index contributed by atoms with van der Waals surface area (Å²) in [6, 6.07) is 15.4. The lowest BCUT2D eigenvalue weighted by molar-refractivity contribution is -0.142. The van der Waals surface area contributed by atoms with E-state index in [1.54, 1.807) is 24.3 Å². The van der Waals surface area contributed by atoms with Gasteiger partial charge >= 0.3 is 13.5 Å². The second kappa shape index (κ2) is 8.70. The summed E-state index contributed by atoms with van der Waals surface area (Å²) in [5.41, 5.74) is 0. The summed E-state index contributed by atoms with van der Waals surface area (Å²) in [4.78, 5) is 11.7. The maximum absolute atomic E-state index is 13.7. The average molecular weight is 389 g/mol. The summed E-state index contributed by atoms with van der Waals surface area (Å²) in [6.07, 6.45) is 1.78. The Morgan fingerprint density at radius 2 is 1.85 bits per heavy atom. The van der Waals surface area contributed by atoms with Crippen LogP contribution in [0.1, 0.15) is 26.2 Å². The molecule has 3 rings (SSSR count). The SMILES string of the molecule is CCC[C@H](C(=O)O)N1CCCOP1(=O)c1ccc(Oc2ccccc2)cc1. The number of hydrogen-bond donors (Lipinski definition) is 1. The number of rotatable bonds is 7. The van der Waals surface area contributed by atoms with Gasteiger partial charge in [-0.1, -0.05) is 31.5 Å². The second-order valence-corrected chi connectivity index (χ2v) is 8.75. The van der Waals surface area contributed by atoms with Crippen molar-refractivity contribution in [2.45, 2.75) is 32.2 Å². The van der Waals surface area contributed by atoms with Crippen LogP contribution in [-0.2, 0) is 13.9 Å². The highest BCUT2D eigenvalue weighted by Gasteiger charge is 2.43. The van der Waals surface area contributed by atoms with Crippen LogP contribution in [0.3, 0.4) is 0 Å². The maximum atomic E-state index is 13.7. The smallest absolute Gasteiger partial charge is 0.321 e.